The van der Waals surface area contributed by atoms with Crippen molar-refractivity contribution in [1.82, 2.24) is 4.98 Å². The molecule has 8 heteroatoms. The fourth-order valence-electron chi connectivity index (χ4n) is 2.13. The molecule has 0 spiro atoms. The summed E-state index contributed by atoms with van der Waals surface area (Å²) in [5, 5.41) is 3.18. The summed E-state index contributed by atoms with van der Waals surface area (Å²) in [6.45, 7) is 1.53. The van der Waals surface area contributed by atoms with Gasteiger partial charge in [0.15, 0.2) is 10.4 Å². The fraction of sp³-hybridized carbons (Fsp3) is 0.167. The van der Waals surface area contributed by atoms with E-state index in [9.17, 15) is 9.59 Å². The van der Waals surface area contributed by atoms with E-state index in [1.807, 2.05) is 24.3 Å². The summed E-state index contributed by atoms with van der Waals surface area (Å²) >= 11 is 8.69. The number of fused-ring (bicyclic) bond motifs is 1. The lowest BCUT2D eigenvalue weighted by molar-refractivity contribution is -0.150. The van der Waals surface area contributed by atoms with Crippen molar-refractivity contribution in [3.05, 3.63) is 53.6 Å². The molecule has 2 aromatic carbocycles. The molecule has 0 unspecified atom stereocenters. The summed E-state index contributed by atoms with van der Waals surface area (Å²) in [5.41, 5.74) is 1.46. The Hall–Kier alpha value is -2.09. The molecule has 0 bridgehead atoms. The van der Waals surface area contributed by atoms with Gasteiger partial charge in [-0.05, 0) is 37.3 Å². The van der Waals surface area contributed by atoms with E-state index in [1.54, 1.807) is 24.3 Å². The number of carbonyl (C=O) groups excluding carboxylic acids is 2. The number of hydrogen-bond acceptors (Lipinski definition) is 6. The molecule has 0 aliphatic carbocycles. The number of thiazole rings is 1. The Balaban J connectivity index is 1.49. The first kappa shape index (κ1) is 18.7. The first-order valence-corrected chi connectivity index (χ1v) is 9.93. The SMILES string of the molecule is C[C@H](OC(=O)CSc1nc2ccccc2s1)C(=O)Nc1cccc(Cl)c1. The Morgan fingerprint density at radius 1 is 1.27 bits per heavy atom. The van der Waals surface area contributed by atoms with Gasteiger partial charge in [0.2, 0.25) is 0 Å². The van der Waals surface area contributed by atoms with Gasteiger partial charge in [0.25, 0.3) is 5.91 Å². The van der Waals surface area contributed by atoms with E-state index < -0.39 is 18.0 Å². The predicted octanol–water partition coefficient (Wildman–Crippen LogP) is 4.61. The minimum Gasteiger partial charge on any atom is -0.452 e. The number of esters is 1. The van der Waals surface area contributed by atoms with Gasteiger partial charge in [-0.15, -0.1) is 11.3 Å². The number of hydrogen-bond donors (Lipinski definition) is 1. The molecule has 1 heterocycles. The second-order valence-corrected chi connectivity index (χ2v) is 8.06. The number of anilines is 1. The number of ether oxygens (including phenoxy) is 1. The summed E-state index contributed by atoms with van der Waals surface area (Å²) < 4.78 is 7.04. The van der Waals surface area contributed by atoms with Crippen LogP contribution in [0.15, 0.2) is 52.9 Å². The number of carbonyl (C=O) groups is 2. The van der Waals surface area contributed by atoms with E-state index in [1.165, 1.54) is 30.0 Å². The lowest BCUT2D eigenvalue weighted by atomic mass is 10.3. The van der Waals surface area contributed by atoms with Crippen LogP contribution in [0.2, 0.25) is 5.02 Å². The molecule has 0 aliphatic rings. The molecule has 0 saturated carbocycles. The van der Waals surface area contributed by atoms with Crippen molar-refractivity contribution in [2.45, 2.75) is 17.4 Å². The van der Waals surface area contributed by atoms with Gasteiger partial charge in [-0.25, -0.2) is 4.98 Å². The highest BCUT2D eigenvalue weighted by Crippen LogP contribution is 2.29. The van der Waals surface area contributed by atoms with Crippen LogP contribution >= 0.6 is 34.7 Å². The molecule has 134 valence electrons. The van der Waals surface area contributed by atoms with E-state index in [0.29, 0.717) is 10.7 Å². The van der Waals surface area contributed by atoms with Crippen molar-refractivity contribution in [1.29, 1.82) is 0 Å². The molecule has 1 aromatic heterocycles. The second-order valence-electron chi connectivity index (χ2n) is 5.37. The summed E-state index contributed by atoms with van der Waals surface area (Å²) in [5.74, 6) is -0.789. The summed E-state index contributed by atoms with van der Waals surface area (Å²) in [7, 11) is 0. The number of aromatic nitrogens is 1. The third-order valence-electron chi connectivity index (χ3n) is 3.36. The maximum absolute atomic E-state index is 12.1. The Kier molecular flexibility index (Phi) is 6.13. The summed E-state index contributed by atoms with van der Waals surface area (Å²) in [6, 6.07) is 14.5. The van der Waals surface area contributed by atoms with Crippen molar-refractivity contribution >= 4 is 62.5 Å². The van der Waals surface area contributed by atoms with Crippen LogP contribution in [0, 0.1) is 0 Å². The predicted molar refractivity (Wildman–Crippen MR) is 106 cm³/mol. The lowest BCUT2D eigenvalue weighted by Crippen LogP contribution is -2.30. The average molecular weight is 407 g/mol. The minimum absolute atomic E-state index is 0.0919. The first-order valence-electron chi connectivity index (χ1n) is 7.75. The molecule has 3 rings (SSSR count). The van der Waals surface area contributed by atoms with Crippen molar-refractivity contribution in [2.24, 2.45) is 0 Å². The molecule has 0 aliphatic heterocycles. The number of benzene rings is 2. The van der Waals surface area contributed by atoms with Crippen LogP contribution in [0.1, 0.15) is 6.92 Å². The molecule has 3 aromatic rings. The number of nitrogens with one attached hydrogen (secondary N) is 1. The van der Waals surface area contributed by atoms with Crippen LogP contribution in [-0.4, -0.2) is 28.7 Å². The van der Waals surface area contributed by atoms with Gasteiger partial charge in [-0.2, -0.15) is 0 Å². The highest BCUT2D eigenvalue weighted by atomic mass is 35.5. The number of para-hydroxylation sites is 1. The summed E-state index contributed by atoms with van der Waals surface area (Å²) in [6.07, 6.45) is -0.905. The third kappa shape index (κ3) is 4.97. The highest BCUT2D eigenvalue weighted by Gasteiger charge is 2.18. The second kappa shape index (κ2) is 8.53. The van der Waals surface area contributed by atoms with Gasteiger partial charge in [-0.3, -0.25) is 9.59 Å². The first-order chi connectivity index (χ1) is 12.5. The zero-order valence-corrected chi connectivity index (χ0v) is 16.2. The van der Waals surface area contributed by atoms with Gasteiger partial charge < -0.3 is 10.1 Å². The molecule has 1 atom stereocenters. The molecule has 1 N–H and O–H groups in total. The van der Waals surface area contributed by atoms with Crippen molar-refractivity contribution < 1.29 is 14.3 Å². The number of thioether (sulfide) groups is 1. The Morgan fingerprint density at radius 2 is 2.08 bits per heavy atom. The quantitative estimate of drug-likeness (QED) is 0.478. The molecule has 0 radical (unpaired) electrons. The van der Waals surface area contributed by atoms with E-state index in [0.717, 1.165) is 14.6 Å². The van der Waals surface area contributed by atoms with Crippen LogP contribution < -0.4 is 5.32 Å². The highest BCUT2D eigenvalue weighted by molar-refractivity contribution is 8.01. The molecular formula is C18H15ClN2O3S2. The molecular weight excluding hydrogens is 392 g/mol. The van der Waals surface area contributed by atoms with Crippen molar-refractivity contribution in [3.8, 4) is 0 Å². The number of rotatable bonds is 6. The van der Waals surface area contributed by atoms with Crippen molar-refractivity contribution in [2.75, 3.05) is 11.1 Å². The monoisotopic (exact) mass is 406 g/mol. The number of nitrogens with zero attached hydrogens (tertiary/aromatic N) is 1. The van der Waals surface area contributed by atoms with Crippen LogP contribution in [0.4, 0.5) is 5.69 Å². The zero-order chi connectivity index (χ0) is 18.5. The Bertz CT molecular complexity index is 912. The van der Waals surface area contributed by atoms with Gasteiger partial charge >= 0.3 is 5.97 Å². The lowest BCUT2D eigenvalue weighted by Gasteiger charge is -2.13. The fourth-order valence-corrected chi connectivity index (χ4v) is 4.17. The topological polar surface area (TPSA) is 68.3 Å². The van der Waals surface area contributed by atoms with E-state index in [-0.39, 0.29) is 5.75 Å². The zero-order valence-electron chi connectivity index (χ0n) is 13.8. The molecule has 5 nitrogen and oxygen atoms in total. The van der Waals surface area contributed by atoms with Crippen LogP contribution in [0.5, 0.6) is 0 Å². The molecule has 0 fully saturated rings. The molecule has 1 amide bonds. The summed E-state index contributed by atoms with van der Waals surface area (Å²) in [4.78, 5) is 28.5. The van der Waals surface area contributed by atoms with E-state index in [2.05, 4.69) is 10.3 Å². The number of halogens is 1. The molecule has 0 saturated heterocycles. The van der Waals surface area contributed by atoms with Gasteiger partial charge in [0.1, 0.15) is 0 Å². The Morgan fingerprint density at radius 3 is 2.85 bits per heavy atom. The van der Waals surface area contributed by atoms with E-state index >= 15 is 0 Å². The van der Waals surface area contributed by atoms with Gasteiger partial charge in [0, 0.05) is 10.7 Å². The van der Waals surface area contributed by atoms with Crippen LogP contribution in [-0.2, 0) is 14.3 Å². The third-order valence-corrected chi connectivity index (χ3v) is 5.75. The normalized spacial score (nSPS) is 11.9. The Labute approximate surface area is 163 Å². The minimum atomic E-state index is -0.905. The smallest absolute Gasteiger partial charge is 0.317 e. The van der Waals surface area contributed by atoms with Crippen LogP contribution in [0.3, 0.4) is 0 Å². The maximum atomic E-state index is 12.1. The standard InChI is InChI=1S/C18H15ClN2O3S2/c1-11(17(23)20-13-6-4-5-12(19)9-13)24-16(22)10-25-18-21-14-7-2-3-8-15(14)26-18/h2-9,11H,10H2,1H3,(H,20,23)/t11-/m0/s1. The number of amides is 1. The average Bonchev–Trinajstić information content (AvgIpc) is 3.03. The van der Waals surface area contributed by atoms with Gasteiger partial charge in [-0.1, -0.05) is 41.6 Å². The maximum Gasteiger partial charge on any atom is 0.317 e. The van der Waals surface area contributed by atoms with Crippen molar-refractivity contribution in [3.63, 3.8) is 0 Å². The van der Waals surface area contributed by atoms with Crippen LogP contribution in [0.25, 0.3) is 10.2 Å². The molecule has 26 heavy (non-hydrogen) atoms. The van der Waals surface area contributed by atoms with E-state index in [4.69, 9.17) is 16.3 Å². The largest absolute Gasteiger partial charge is 0.452 e. The van der Waals surface area contributed by atoms with Gasteiger partial charge in [0.05, 0.1) is 16.0 Å².